The van der Waals surface area contributed by atoms with Gasteiger partial charge in [0.1, 0.15) is 0 Å². The smallest absolute Gasteiger partial charge is 0.270 e. The summed E-state index contributed by atoms with van der Waals surface area (Å²) in [6.45, 7) is 4.89. The lowest BCUT2D eigenvalue weighted by Gasteiger charge is -2.27. The molecule has 1 amide bonds. The molecule has 28 heavy (non-hydrogen) atoms. The second-order valence-electron chi connectivity index (χ2n) is 6.31. The zero-order valence-electron chi connectivity index (χ0n) is 15.7. The molecule has 1 aliphatic rings. The van der Waals surface area contributed by atoms with Crippen LogP contribution in [0.5, 0.6) is 0 Å². The first kappa shape index (κ1) is 24.2. The van der Waals surface area contributed by atoms with Gasteiger partial charge in [0.25, 0.3) is 5.69 Å². The van der Waals surface area contributed by atoms with Crippen molar-refractivity contribution in [3.63, 3.8) is 0 Å². The molecular weight excluding hydrogens is 410 g/mol. The number of nitrogens with one attached hydrogen (secondary N) is 2. The van der Waals surface area contributed by atoms with E-state index in [0.717, 1.165) is 49.5 Å². The van der Waals surface area contributed by atoms with E-state index in [1.54, 1.807) is 0 Å². The average molecular weight is 436 g/mol. The lowest BCUT2D eigenvalue weighted by atomic mass is 10.3. The van der Waals surface area contributed by atoms with Crippen molar-refractivity contribution in [3.05, 3.63) is 34.4 Å². The summed E-state index contributed by atoms with van der Waals surface area (Å²) < 4.78 is 25.9. The van der Waals surface area contributed by atoms with Gasteiger partial charge in [-0.15, -0.1) is 12.4 Å². The van der Waals surface area contributed by atoms with Crippen LogP contribution in [0.15, 0.2) is 29.2 Å². The number of nitrogens with zero attached hydrogens (tertiary/aromatic N) is 3. The molecule has 0 spiro atoms. The minimum atomic E-state index is -3.98. The molecule has 10 nitrogen and oxygen atoms in total. The van der Waals surface area contributed by atoms with Gasteiger partial charge in [0.15, 0.2) is 0 Å². The fourth-order valence-corrected chi connectivity index (χ4v) is 3.91. The molecule has 1 aromatic rings. The Morgan fingerprint density at radius 2 is 2.04 bits per heavy atom. The van der Waals surface area contributed by atoms with Crippen LogP contribution in [-0.4, -0.2) is 81.3 Å². The first-order valence-corrected chi connectivity index (χ1v) is 10.2. The van der Waals surface area contributed by atoms with Crippen LogP contribution in [0.25, 0.3) is 0 Å². The summed E-state index contributed by atoms with van der Waals surface area (Å²) in [5.41, 5.74) is -0.318. The maximum Gasteiger partial charge on any atom is 0.270 e. The number of rotatable bonds is 9. The predicted octanol–water partition coefficient (Wildman–Crippen LogP) is 0.0486. The number of benzene rings is 1. The normalized spacial score (nSPS) is 15.1. The zero-order chi connectivity index (χ0) is 19.9. The summed E-state index contributed by atoms with van der Waals surface area (Å²) in [4.78, 5) is 24.3. The molecule has 0 saturated carbocycles. The highest BCUT2D eigenvalue weighted by atomic mass is 35.5. The number of hydrogen-bond donors (Lipinski definition) is 2. The number of halogens is 1. The van der Waals surface area contributed by atoms with Crippen LogP contribution < -0.4 is 10.6 Å². The highest BCUT2D eigenvalue weighted by Crippen LogP contribution is 2.19. The molecule has 1 aliphatic heterocycles. The van der Waals surface area contributed by atoms with Gasteiger partial charge in [0, 0.05) is 51.9 Å². The molecule has 1 aromatic carbocycles. The molecule has 12 heteroatoms. The average Bonchev–Trinajstić information content (AvgIpc) is 2.66. The number of nitro groups is 1. The van der Waals surface area contributed by atoms with E-state index >= 15 is 0 Å². The number of carbonyl (C=O) groups excluding carboxylic acids is 1. The van der Waals surface area contributed by atoms with Crippen molar-refractivity contribution in [1.29, 1.82) is 0 Å². The Morgan fingerprint density at radius 1 is 1.36 bits per heavy atom. The van der Waals surface area contributed by atoms with Gasteiger partial charge in [-0.25, -0.2) is 8.42 Å². The molecule has 1 saturated heterocycles. The standard InChI is InChI=1S/C16H25N5O5S.ClH/c1-19(27(25,26)15-5-2-4-14(12-15)21(23)24)13-16(22)18-6-3-9-20-10-7-17-8-11-20;/h2,4-5,12,17H,3,6-11,13H2,1H3,(H,18,22);1H. The Hall–Kier alpha value is -1.79. The molecule has 0 unspecified atom stereocenters. The summed E-state index contributed by atoms with van der Waals surface area (Å²) >= 11 is 0. The Labute approximate surface area is 170 Å². The Kier molecular flexibility index (Phi) is 9.76. The van der Waals surface area contributed by atoms with Crippen molar-refractivity contribution >= 4 is 34.0 Å². The number of nitro benzene ring substituents is 1. The van der Waals surface area contributed by atoms with Crippen molar-refractivity contribution < 1.29 is 18.1 Å². The molecule has 0 atom stereocenters. The quantitative estimate of drug-likeness (QED) is 0.319. The van der Waals surface area contributed by atoms with Crippen molar-refractivity contribution in [1.82, 2.24) is 19.8 Å². The molecular formula is C16H26ClN5O5S. The van der Waals surface area contributed by atoms with E-state index in [9.17, 15) is 23.3 Å². The van der Waals surface area contributed by atoms with Gasteiger partial charge < -0.3 is 15.5 Å². The van der Waals surface area contributed by atoms with Crippen LogP contribution in [0.2, 0.25) is 0 Å². The summed E-state index contributed by atoms with van der Waals surface area (Å²) in [7, 11) is -2.71. The van der Waals surface area contributed by atoms with Crippen LogP contribution in [0, 0.1) is 10.1 Å². The Morgan fingerprint density at radius 3 is 2.68 bits per heavy atom. The lowest BCUT2D eigenvalue weighted by molar-refractivity contribution is -0.385. The third kappa shape index (κ3) is 6.99. The molecule has 0 aromatic heterocycles. The first-order chi connectivity index (χ1) is 12.8. The largest absolute Gasteiger partial charge is 0.355 e. The van der Waals surface area contributed by atoms with Gasteiger partial charge in [-0.1, -0.05) is 6.07 Å². The third-order valence-corrected chi connectivity index (χ3v) is 6.09. The van der Waals surface area contributed by atoms with E-state index in [4.69, 9.17) is 0 Å². The number of hydrogen-bond acceptors (Lipinski definition) is 7. The van der Waals surface area contributed by atoms with Gasteiger partial charge in [0.2, 0.25) is 15.9 Å². The Balaban J connectivity index is 0.00000392. The predicted molar refractivity (Wildman–Crippen MR) is 107 cm³/mol. The molecule has 2 N–H and O–H groups in total. The number of likely N-dealkylation sites (N-methyl/N-ethyl adjacent to an activating group) is 1. The summed E-state index contributed by atoms with van der Waals surface area (Å²) in [5, 5.41) is 16.8. The van der Waals surface area contributed by atoms with E-state index in [0.29, 0.717) is 6.54 Å². The van der Waals surface area contributed by atoms with Crippen LogP contribution >= 0.6 is 12.4 Å². The fourth-order valence-electron chi connectivity index (χ4n) is 2.75. The topological polar surface area (TPSA) is 125 Å². The van der Waals surface area contributed by atoms with Crippen LogP contribution in [0.1, 0.15) is 6.42 Å². The summed E-state index contributed by atoms with van der Waals surface area (Å²) in [6.07, 6.45) is 0.785. The number of piperazine rings is 1. The lowest BCUT2D eigenvalue weighted by Crippen LogP contribution is -2.44. The van der Waals surface area contributed by atoms with Crippen molar-refractivity contribution in [2.24, 2.45) is 0 Å². The number of carbonyl (C=O) groups is 1. The molecule has 1 heterocycles. The fraction of sp³-hybridized carbons (Fsp3) is 0.562. The van der Waals surface area contributed by atoms with Gasteiger partial charge >= 0.3 is 0 Å². The van der Waals surface area contributed by atoms with Gasteiger partial charge in [-0.3, -0.25) is 14.9 Å². The van der Waals surface area contributed by atoms with Crippen LogP contribution in [0.3, 0.4) is 0 Å². The number of non-ortho nitro benzene ring substituents is 1. The van der Waals surface area contributed by atoms with E-state index in [-0.39, 0.29) is 29.5 Å². The zero-order valence-corrected chi connectivity index (χ0v) is 17.3. The minimum absolute atomic E-state index is 0. The molecule has 158 valence electrons. The van der Waals surface area contributed by atoms with Crippen molar-refractivity contribution in [3.8, 4) is 0 Å². The third-order valence-electron chi connectivity index (χ3n) is 4.29. The second kappa shape index (κ2) is 11.3. The van der Waals surface area contributed by atoms with E-state index < -0.39 is 20.9 Å². The maximum atomic E-state index is 12.5. The van der Waals surface area contributed by atoms with Crippen LogP contribution in [0.4, 0.5) is 5.69 Å². The van der Waals surface area contributed by atoms with E-state index in [2.05, 4.69) is 15.5 Å². The van der Waals surface area contributed by atoms with Gasteiger partial charge in [0.05, 0.1) is 16.4 Å². The minimum Gasteiger partial charge on any atom is -0.355 e. The summed E-state index contributed by atoms with van der Waals surface area (Å²) in [5.74, 6) is -0.410. The van der Waals surface area contributed by atoms with Crippen molar-refractivity contribution in [2.75, 3.05) is 52.9 Å². The molecule has 0 aliphatic carbocycles. The highest BCUT2D eigenvalue weighted by Gasteiger charge is 2.24. The highest BCUT2D eigenvalue weighted by molar-refractivity contribution is 7.89. The van der Waals surface area contributed by atoms with Gasteiger partial charge in [-0.05, 0) is 19.0 Å². The van der Waals surface area contributed by atoms with Gasteiger partial charge in [-0.2, -0.15) is 4.31 Å². The molecule has 2 rings (SSSR count). The van der Waals surface area contributed by atoms with Crippen molar-refractivity contribution in [2.45, 2.75) is 11.3 Å². The van der Waals surface area contributed by atoms with E-state index in [1.807, 2.05) is 0 Å². The second-order valence-corrected chi connectivity index (χ2v) is 8.36. The molecule has 1 fully saturated rings. The SMILES string of the molecule is CN(CC(=O)NCCCN1CCNCC1)S(=O)(=O)c1cccc([N+](=O)[O-])c1.Cl. The Bertz CT molecular complexity index is 770. The molecule has 0 radical (unpaired) electrons. The van der Waals surface area contributed by atoms with E-state index in [1.165, 1.54) is 25.2 Å². The maximum absolute atomic E-state index is 12.5. The monoisotopic (exact) mass is 435 g/mol. The summed E-state index contributed by atoms with van der Waals surface area (Å²) in [6, 6.07) is 4.76. The molecule has 0 bridgehead atoms. The number of amides is 1. The van der Waals surface area contributed by atoms with Crippen LogP contribution in [-0.2, 0) is 14.8 Å². The number of sulfonamides is 1. The first-order valence-electron chi connectivity index (χ1n) is 8.71.